The van der Waals surface area contributed by atoms with Crippen LogP contribution in [0.2, 0.25) is 0 Å². The lowest BCUT2D eigenvalue weighted by Gasteiger charge is -2.14. The van der Waals surface area contributed by atoms with Gasteiger partial charge in [0, 0.05) is 23.9 Å². The lowest BCUT2D eigenvalue weighted by Crippen LogP contribution is -2.10. The Hall–Kier alpha value is -4.20. The van der Waals surface area contributed by atoms with Crippen LogP contribution in [-0.4, -0.2) is 30.1 Å². The fraction of sp³-hybridized carbons (Fsp3) is 0.200. The van der Waals surface area contributed by atoms with E-state index in [0.717, 1.165) is 34.5 Å². The second kappa shape index (κ2) is 8.05. The number of rotatable bonds is 7. The van der Waals surface area contributed by atoms with E-state index in [2.05, 4.69) is 96.2 Å². The Morgan fingerprint density at radius 3 is 2.79 bits per heavy atom. The summed E-state index contributed by atoms with van der Waals surface area (Å²) in [6, 6.07) is 20.8. The van der Waals surface area contributed by atoms with Crippen LogP contribution in [-0.2, 0) is 0 Å². The molecular weight excluding hydrogens is 412 g/mol. The highest BCUT2D eigenvalue weighted by atomic mass is 15.2. The maximum atomic E-state index is 4.61. The number of hydrogen-bond donors (Lipinski definition) is 4. The Labute approximate surface area is 190 Å². The molecule has 1 aliphatic rings. The number of imidazole rings is 1. The molecule has 2 aromatic carbocycles. The van der Waals surface area contributed by atoms with Gasteiger partial charge >= 0.3 is 0 Å². The third-order valence-electron chi connectivity index (χ3n) is 6.22. The molecule has 0 aliphatic heterocycles. The van der Waals surface area contributed by atoms with Gasteiger partial charge in [-0.25, -0.2) is 9.97 Å². The second-order valence-electron chi connectivity index (χ2n) is 8.50. The predicted molar refractivity (Wildman–Crippen MR) is 129 cm³/mol. The van der Waals surface area contributed by atoms with Gasteiger partial charge in [-0.15, -0.1) is 0 Å². The van der Waals surface area contributed by atoms with E-state index in [1.165, 1.54) is 5.56 Å². The summed E-state index contributed by atoms with van der Waals surface area (Å²) in [6.07, 6.45) is 4.59. The van der Waals surface area contributed by atoms with E-state index < -0.39 is 0 Å². The van der Waals surface area contributed by atoms with Gasteiger partial charge in [0.1, 0.15) is 5.82 Å². The standard InChI is InChI=1S/C25H24N8/c1-15(17-7-8-20-22(11-17)28-14-27-20)29-25-26-10-9-23(31-25)30-24-13-21(32-33-24)19-12-18(19)16-5-3-2-4-6-16/h2-11,13-15,18-19H,12H2,1H3,(H,27,28)(H3,26,29,30,31,32,33)/t15-,18-,19+/m0/s1. The van der Waals surface area contributed by atoms with Crippen molar-refractivity contribution >= 4 is 28.6 Å². The van der Waals surface area contributed by atoms with Crippen LogP contribution in [0, 0.1) is 0 Å². The Morgan fingerprint density at radius 2 is 1.88 bits per heavy atom. The molecule has 0 bridgehead atoms. The lowest BCUT2D eigenvalue weighted by molar-refractivity contribution is 0.862. The molecule has 1 saturated carbocycles. The van der Waals surface area contributed by atoms with Crippen molar-refractivity contribution in [3.05, 3.63) is 90.0 Å². The smallest absolute Gasteiger partial charge is 0.225 e. The van der Waals surface area contributed by atoms with Crippen LogP contribution in [0.15, 0.2) is 73.2 Å². The molecule has 6 rings (SSSR count). The molecule has 0 amide bonds. The van der Waals surface area contributed by atoms with Crippen LogP contribution in [0.25, 0.3) is 11.0 Å². The third-order valence-corrected chi connectivity index (χ3v) is 6.22. The van der Waals surface area contributed by atoms with Gasteiger partial charge in [-0.05, 0) is 48.6 Å². The minimum absolute atomic E-state index is 0.0307. The average Bonchev–Trinajstić information content (AvgIpc) is 3.26. The molecule has 33 heavy (non-hydrogen) atoms. The number of nitrogens with zero attached hydrogens (tertiary/aromatic N) is 4. The summed E-state index contributed by atoms with van der Waals surface area (Å²) in [5.41, 5.74) is 5.62. The zero-order valence-electron chi connectivity index (χ0n) is 18.2. The van der Waals surface area contributed by atoms with Crippen molar-refractivity contribution in [3.8, 4) is 0 Å². The van der Waals surface area contributed by atoms with Crippen LogP contribution in [0.4, 0.5) is 17.6 Å². The Kier molecular flexibility index (Phi) is 4.75. The zero-order valence-corrected chi connectivity index (χ0v) is 18.2. The van der Waals surface area contributed by atoms with Crippen LogP contribution >= 0.6 is 0 Å². The highest BCUT2D eigenvalue weighted by Crippen LogP contribution is 2.54. The van der Waals surface area contributed by atoms with E-state index in [4.69, 9.17) is 0 Å². The van der Waals surface area contributed by atoms with Gasteiger partial charge in [0.15, 0.2) is 5.82 Å². The lowest BCUT2D eigenvalue weighted by atomic mass is 10.1. The first kappa shape index (κ1) is 19.5. The van der Waals surface area contributed by atoms with Crippen molar-refractivity contribution in [1.29, 1.82) is 0 Å². The van der Waals surface area contributed by atoms with Crippen molar-refractivity contribution in [1.82, 2.24) is 30.1 Å². The molecule has 0 radical (unpaired) electrons. The molecule has 164 valence electrons. The summed E-state index contributed by atoms with van der Waals surface area (Å²) >= 11 is 0. The van der Waals surface area contributed by atoms with Gasteiger partial charge in [0.2, 0.25) is 5.95 Å². The fourth-order valence-corrected chi connectivity index (χ4v) is 4.32. The molecular formula is C25H24N8. The Bertz CT molecular complexity index is 1390. The van der Waals surface area contributed by atoms with Crippen LogP contribution in [0.1, 0.15) is 48.0 Å². The molecule has 0 spiro atoms. The molecule has 3 atom stereocenters. The van der Waals surface area contributed by atoms with Gasteiger partial charge in [0.05, 0.1) is 23.4 Å². The van der Waals surface area contributed by atoms with Crippen molar-refractivity contribution in [3.63, 3.8) is 0 Å². The minimum Gasteiger partial charge on any atom is -0.348 e. The van der Waals surface area contributed by atoms with E-state index in [0.29, 0.717) is 23.6 Å². The van der Waals surface area contributed by atoms with Crippen molar-refractivity contribution in [2.45, 2.75) is 31.2 Å². The summed E-state index contributed by atoms with van der Waals surface area (Å²) in [7, 11) is 0. The molecule has 3 aromatic heterocycles. The normalized spacial score (nSPS) is 18.2. The number of anilines is 3. The monoisotopic (exact) mass is 436 g/mol. The second-order valence-corrected chi connectivity index (χ2v) is 8.50. The van der Waals surface area contributed by atoms with E-state index >= 15 is 0 Å². The summed E-state index contributed by atoms with van der Waals surface area (Å²) in [4.78, 5) is 16.4. The average molecular weight is 437 g/mol. The van der Waals surface area contributed by atoms with Crippen molar-refractivity contribution in [2.75, 3.05) is 10.6 Å². The summed E-state index contributed by atoms with van der Waals surface area (Å²) in [6.45, 7) is 2.08. The summed E-state index contributed by atoms with van der Waals surface area (Å²) in [5.74, 6) is 3.06. The topological polar surface area (TPSA) is 107 Å². The number of aromatic amines is 2. The first-order chi connectivity index (χ1) is 16.2. The molecule has 0 saturated heterocycles. The molecule has 1 aliphatic carbocycles. The van der Waals surface area contributed by atoms with Crippen molar-refractivity contribution < 1.29 is 0 Å². The summed E-state index contributed by atoms with van der Waals surface area (Å²) < 4.78 is 0. The first-order valence-corrected chi connectivity index (χ1v) is 11.1. The van der Waals surface area contributed by atoms with Crippen LogP contribution < -0.4 is 10.6 Å². The first-order valence-electron chi connectivity index (χ1n) is 11.1. The van der Waals surface area contributed by atoms with E-state index in [1.54, 1.807) is 12.5 Å². The maximum Gasteiger partial charge on any atom is 0.225 e. The van der Waals surface area contributed by atoms with Gasteiger partial charge in [0.25, 0.3) is 0 Å². The maximum absolute atomic E-state index is 4.61. The summed E-state index contributed by atoms with van der Waals surface area (Å²) in [5, 5.41) is 14.3. The zero-order chi connectivity index (χ0) is 22.2. The molecule has 1 fully saturated rings. The molecule has 5 aromatic rings. The van der Waals surface area contributed by atoms with Gasteiger partial charge in [-0.2, -0.15) is 10.1 Å². The predicted octanol–water partition coefficient (Wildman–Crippen LogP) is 5.26. The molecule has 4 N–H and O–H groups in total. The molecule has 0 unspecified atom stereocenters. The fourth-order valence-electron chi connectivity index (χ4n) is 4.32. The van der Waals surface area contributed by atoms with Gasteiger partial charge in [-0.3, -0.25) is 5.10 Å². The van der Waals surface area contributed by atoms with Gasteiger partial charge < -0.3 is 15.6 Å². The number of benzene rings is 2. The Balaban J connectivity index is 1.12. The quantitative estimate of drug-likeness (QED) is 0.277. The molecule has 8 nitrogen and oxygen atoms in total. The van der Waals surface area contributed by atoms with E-state index in [1.807, 2.05) is 12.1 Å². The van der Waals surface area contributed by atoms with Crippen molar-refractivity contribution in [2.24, 2.45) is 0 Å². The third kappa shape index (κ3) is 4.03. The molecule has 3 heterocycles. The number of aromatic nitrogens is 6. The number of fused-ring (bicyclic) bond motifs is 1. The van der Waals surface area contributed by atoms with E-state index in [-0.39, 0.29) is 6.04 Å². The largest absolute Gasteiger partial charge is 0.348 e. The van der Waals surface area contributed by atoms with Gasteiger partial charge in [-0.1, -0.05) is 36.4 Å². The highest BCUT2D eigenvalue weighted by Gasteiger charge is 2.40. The number of nitrogens with one attached hydrogen (secondary N) is 4. The SMILES string of the molecule is C[C@H](Nc1nccc(Nc2cc([C@@H]3C[C@H]3c3ccccc3)[nH]n2)n1)c1ccc2[nH]cnc2c1. The Morgan fingerprint density at radius 1 is 0.970 bits per heavy atom. The van der Waals surface area contributed by atoms with Crippen LogP contribution in [0.5, 0.6) is 0 Å². The number of hydrogen-bond acceptors (Lipinski definition) is 6. The van der Waals surface area contributed by atoms with E-state index in [9.17, 15) is 0 Å². The highest BCUT2D eigenvalue weighted by molar-refractivity contribution is 5.75. The number of H-pyrrole nitrogens is 2. The van der Waals surface area contributed by atoms with Crippen LogP contribution in [0.3, 0.4) is 0 Å². The molecule has 8 heteroatoms. The minimum atomic E-state index is 0.0307.